The molecule has 0 bridgehead atoms. The van der Waals surface area contributed by atoms with E-state index in [2.05, 4.69) is 11.9 Å². The van der Waals surface area contributed by atoms with Gasteiger partial charge in [-0.05, 0) is 13.0 Å². The molecule has 0 radical (unpaired) electrons. The second-order valence-electron chi connectivity index (χ2n) is 2.16. The van der Waals surface area contributed by atoms with Crippen molar-refractivity contribution in [1.29, 1.82) is 0 Å². The number of rotatable bonds is 3. The summed E-state index contributed by atoms with van der Waals surface area (Å²) in [5.41, 5.74) is 0. The van der Waals surface area contributed by atoms with Crippen molar-refractivity contribution in [2.45, 2.75) is 13.5 Å². The third-order valence-corrected chi connectivity index (χ3v) is 1.46. The Morgan fingerprint density at radius 1 is 1.73 bits per heavy atom. The zero-order chi connectivity index (χ0) is 8.10. The summed E-state index contributed by atoms with van der Waals surface area (Å²) >= 11 is 0. The van der Waals surface area contributed by atoms with Crippen LogP contribution in [-0.4, -0.2) is 21.3 Å². The third kappa shape index (κ3) is 1.91. The summed E-state index contributed by atoms with van der Waals surface area (Å²) in [6.07, 6.45) is 7.15. The molecule has 0 fully saturated rings. The summed E-state index contributed by atoms with van der Waals surface area (Å²) in [6, 6.07) is 0. The Kier molecular flexibility index (Phi) is 2.86. The first-order valence-electron chi connectivity index (χ1n) is 3.67. The smallest absolute Gasteiger partial charge is 0.132 e. The van der Waals surface area contributed by atoms with Gasteiger partial charge in [0.25, 0.3) is 0 Å². The highest BCUT2D eigenvalue weighted by Crippen LogP contribution is 1.98. The summed E-state index contributed by atoms with van der Waals surface area (Å²) < 4.78 is 2.01. The summed E-state index contributed by atoms with van der Waals surface area (Å²) in [5.74, 6) is 0.890. The Morgan fingerprint density at radius 3 is 3.18 bits per heavy atom. The van der Waals surface area contributed by atoms with Crippen LogP contribution in [-0.2, 0) is 6.54 Å². The molecule has 0 saturated heterocycles. The minimum atomic E-state index is 0.0660. The van der Waals surface area contributed by atoms with Crippen molar-refractivity contribution in [1.82, 2.24) is 9.55 Å². The number of aromatic nitrogens is 2. The van der Waals surface area contributed by atoms with Gasteiger partial charge in [0.1, 0.15) is 5.82 Å². The standard InChI is InChI=1S/C8H12N2O/c1-2-10-6-5-9-8(10)4-3-7-11/h3-6,11H,2,7H2,1H3/b4-3+. The molecule has 60 valence electrons. The Bertz CT molecular complexity index is 240. The predicted octanol–water partition coefficient (Wildman–Crippen LogP) is 0.908. The SMILES string of the molecule is CCn1ccnc1/C=C/CO. The Balaban J connectivity index is 2.76. The number of imidazole rings is 1. The summed E-state index contributed by atoms with van der Waals surface area (Å²) in [5, 5.41) is 8.50. The first kappa shape index (κ1) is 8.01. The van der Waals surface area contributed by atoms with E-state index in [1.54, 1.807) is 12.3 Å². The number of hydrogen-bond acceptors (Lipinski definition) is 2. The first-order chi connectivity index (χ1) is 5.38. The van der Waals surface area contributed by atoms with Crippen LogP contribution in [0, 0.1) is 0 Å². The highest BCUT2D eigenvalue weighted by atomic mass is 16.2. The van der Waals surface area contributed by atoms with Gasteiger partial charge in [-0.1, -0.05) is 6.08 Å². The zero-order valence-corrected chi connectivity index (χ0v) is 6.57. The van der Waals surface area contributed by atoms with Crippen LogP contribution in [0.5, 0.6) is 0 Å². The van der Waals surface area contributed by atoms with Gasteiger partial charge in [0.2, 0.25) is 0 Å². The van der Waals surface area contributed by atoms with Gasteiger partial charge in [-0.25, -0.2) is 4.98 Å². The largest absolute Gasteiger partial charge is 0.392 e. The fourth-order valence-corrected chi connectivity index (χ4v) is 0.905. The molecular weight excluding hydrogens is 140 g/mol. The van der Waals surface area contributed by atoms with Gasteiger partial charge < -0.3 is 9.67 Å². The number of hydrogen-bond donors (Lipinski definition) is 1. The second kappa shape index (κ2) is 3.93. The molecule has 0 amide bonds. The van der Waals surface area contributed by atoms with Crippen molar-refractivity contribution in [3.63, 3.8) is 0 Å². The van der Waals surface area contributed by atoms with Crippen LogP contribution in [0.15, 0.2) is 18.5 Å². The summed E-state index contributed by atoms with van der Waals surface area (Å²) in [6.45, 7) is 3.03. The van der Waals surface area contributed by atoms with Crippen molar-refractivity contribution in [3.05, 3.63) is 24.3 Å². The zero-order valence-electron chi connectivity index (χ0n) is 6.57. The molecule has 0 aromatic carbocycles. The minimum Gasteiger partial charge on any atom is -0.392 e. The van der Waals surface area contributed by atoms with E-state index in [1.807, 2.05) is 16.8 Å². The summed E-state index contributed by atoms with van der Waals surface area (Å²) in [4.78, 5) is 4.09. The van der Waals surface area contributed by atoms with Gasteiger partial charge in [-0.15, -0.1) is 0 Å². The Morgan fingerprint density at radius 2 is 2.55 bits per heavy atom. The van der Waals surface area contributed by atoms with Crippen molar-refractivity contribution in [2.75, 3.05) is 6.61 Å². The lowest BCUT2D eigenvalue weighted by atomic mass is 10.5. The molecule has 0 aliphatic heterocycles. The molecule has 0 aliphatic carbocycles. The molecule has 1 N–H and O–H groups in total. The monoisotopic (exact) mass is 152 g/mol. The second-order valence-corrected chi connectivity index (χ2v) is 2.16. The molecule has 0 saturated carbocycles. The van der Waals surface area contributed by atoms with E-state index in [1.165, 1.54) is 0 Å². The molecular formula is C8H12N2O. The van der Waals surface area contributed by atoms with Gasteiger partial charge in [0, 0.05) is 18.9 Å². The number of aliphatic hydroxyl groups is 1. The maximum absolute atomic E-state index is 8.50. The van der Waals surface area contributed by atoms with Crippen LogP contribution in [0.2, 0.25) is 0 Å². The van der Waals surface area contributed by atoms with Crippen LogP contribution in [0.4, 0.5) is 0 Å². The lowest BCUT2D eigenvalue weighted by Crippen LogP contribution is -1.94. The van der Waals surface area contributed by atoms with Crippen LogP contribution in [0.1, 0.15) is 12.7 Å². The molecule has 1 heterocycles. The fourth-order valence-electron chi connectivity index (χ4n) is 0.905. The minimum absolute atomic E-state index is 0.0660. The molecule has 1 aromatic heterocycles. The maximum atomic E-state index is 8.50. The van der Waals surface area contributed by atoms with E-state index in [0.29, 0.717) is 0 Å². The van der Waals surface area contributed by atoms with Gasteiger partial charge >= 0.3 is 0 Å². The quantitative estimate of drug-likeness (QED) is 0.699. The van der Waals surface area contributed by atoms with Gasteiger partial charge in [0.05, 0.1) is 6.61 Å². The van der Waals surface area contributed by atoms with Crippen LogP contribution in [0.25, 0.3) is 6.08 Å². The van der Waals surface area contributed by atoms with Crippen molar-refractivity contribution >= 4 is 6.08 Å². The van der Waals surface area contributed by atoms with Crippen molar-refractivity contribution in [3.8, 4) is 0 Å². The van der Waals surface area contributed by atoms with Crippen molar-refractivity contribution < 1.29 is 5.11 Å². The van der Waals surface area contributed by atoms with E-state index in [4.69, 9.17) is 5.11 Å². The molecule has 0 unspecified atom stereocenters. The molecule has 11 heavy (non-hydrogen) atoms. The van der Waals surface area contributed by atoms with E-state index in [-0.39, 0.29) is 6.61 Å². The van der Waals surface area contributed by atoms with Crippen LogP contribution < -0.4 is 0 Å². The topological polar surface area (TPSA) is 38.0 Å². The van der Waals surface area contributed by atoms with E-state index < -0.39 is 0 Å². The maximum Gasteiger partial charge on any atom is 0.132 e. The molecule has 1 rings (SSSR count). The van der Waals surface area contributed by atoms with E-state index >= 15 is 0 Å². The molecule has 0 atom stereocenters. The normalized spacial score (nSPS) is 11.1. The lowest BCUT2D eigenvalue weighted by Gasteiger charge is -1.97. The molecule has 1 aromatic rings. The highest BCUT2D eigenvalue weighted by molar-refractivity contribution is 5.40. The molecule has 3 heteroatoms. The average molecular weight is 152 g/mol. The fraction of sp³-hybridized carbons (Fsp3) is 0.375. The summed E-state index contributed by atoms with van der Waals surface area (Å²) in [7, 11) is 0. The molecule has 3 nitrogen and oxygen atoms in total. The van der Waals surface area contributed by atoms with Gasteiger partial charge in [-0.3, -0.25) is 0 Å². The third-order valence-electron chi connectivity index (χ3n) is 1.46. The van der Waals surface area contributed by atoms with Crippen LogP contribution >= 0.6 is 0 Å². The van der Waals surface area contributed by atoms with Crippen LogP contribution in [0.3, 0.4) is 0 Å². The van der Waals surface area contributed by atoms with Gasteiger partial charge in [-0.2, -0.15) is 0 Å². The lowest BCUT2D eigenvalue weighted by molar-refractivity contribution is 0.343. The van der Waals surface area contributed by atoms with Crippen molar-refractivity contribution in [2.24, 2.45) is 0 Å². The molecule has 0 aliphatic rings. The Hall–Kier alpha value is -1.09. The predicted molar refractivity (Wildman–Crippen MR) is 44.0 cm³/mol. The molecule has 0 spiro atoms. The van der Waals surface area contributed by atoms with Gasteiger partial charge in [0.15, 0.2) is 0 Å². The van der Waals surface area contributed by atoms with E-state index in [9.17, 15) is 0 Å². The van der Waals surface area contributed by atoms with E-state index in [0.717, 1.165) is 12.4 Å². The average Bonchev–Trinajstić information content (AvgIpc) is 2.47. The number of aliphatic hydroxyl groups excluding tert-OH is 1. The highest BCUT2D eigenvalue weighted by Gasteiger charge is 1.93. The number of aryl methyl sites for hydroxylation is 1. The number of nitrogens with zero attached hydrogens (tertiary/aromatic N) is 2. The Labute approximate surface area is 66.0 Å². The first-order valence-corrected chi connectivity index (χ1v) is 3.67.